The van der Waals surface area contributed by atoms with E-state index in [4.69, 9.17) is 16.6 Å². The number of rotatable bonds is 6. The van der Waals surface area contributed by atoms with Gasteiger partial charge in [-0.3, -0.25) is 19.6 Å². The molecule has 8 heteroatoms. The Kier molecular flexibility index (Phi) is 7.44. The van der Waals surface area contributed by atoms with E-state index < -0.39 is 6.04 Å². The van der Waals surface area contributed by atoms with Crippen molar-refractivity contribution < 1.29 is 9.59 Å². The molecule has 2 amide bonds. The van der Waals surface area contributed by atoms with Crippen LogP contribution in [0.3, 0.4) is 0 Å². The number of hydrogen-bond donors (Lipinski definition) is 2. The SMILES string of the molecule is O=C(Cc1cccnc1)Nc1ccc(C2=NC(Cc3ccccc3Br)C(=O)Nc3cc(Cl)ccc32)cc1. The molecule has 1 aliphatic rings. The predicted octanol–water partition coefficient (Wildman–Crippen LogP) is 6.08. The quantitative estimate of drug-likeness (QED) is 0.293. The molecule has 37 heavy (non-hydrogen) atoms. The van der Waals surface area contributed by atoms with Crippen LogP contribution in [0.2, 0.25) is 5.02 Å². The molecule has 0 saturated carbocycles. The second kappa shape index (κ2) is 11.1. The molecule has 2 heterocycles. The number of fused-ring (bicyclic) bond motifs is 1. The third-order valence-electron chi connectivity index (χ3n) is 5.98. The van der Waals surface area contributed by atoms with E-state index in [-0.39, 0.29) is 18.2 Å². The third kappa shape index (κ3) is 5.96. The van der Waals surface area contributed by atoms with Gasteiger partial charge in [-0.25, -0.2) is 0 Å². The number of hydrogen-bond acceptors (Lipinski definition) is 4. The number of halogens is 2. The number of amides is 2. The zero-order valence-corrected chi connectivity index (χ0v) is 22.0. The molecule has 184 valence electrons. The van der Waals surface area contributed by atoms with E-state index in [0.29, 0.717) is 28.5 Å². The van der Waals surface area contributed by atoms with E-state index >= 15 is 0 Å². The lowest BCUT2D eigenvalue weighted by Gasteiger charge is -2.13. The number of nitrogens with zero attached hydrogens (tertiary/aromatic N) is 2. The summed E-state index contributed by atoms with van der Waals surface area (Å²) in [6, 6.07) is 23.7. The Bertz CT molecular complexity index is 1490. The first-order chi connectivity index (χ1) is 18.0. The van der Waals surface area contributed by atoms with Gasteiger partial charge in [0, 0.05) is 45.1 Å². The normalized spacial score (nSPS) is 14.7. The Labute approximate surface area is 227 Å². The largest absolute Gasteiger partial charge is 0.326 e. The number of benzene rings is 3. The molecule has 1 atom stereocenters. The van der Waals surface area contributed by atoms with E-state index in [9.17, 15) is 9.59 Å². The van der Waals surface area contributed by atoms with Crippen LogP contribution in [-0.4, -0.2) is 28.6 Å². The molecule has 0 aliphatic carbocycles. The summed E-state index contributed by atoms with van der Waals surface area (Å²) < 4.78 is 0.927. The molecule has 6 nitrogen and oxygen atoms in total. The molecule has 3 aromatic carbocycles. The van der Waals surface area contributed by atoms with Crippen molar-refractivity contribution in [2.24, 2.45) is 4.99 Å². The smallest absolute Gasteiger partial charge is 0.249 e. The molecular weight excluding hydrogens is 552 g/mol. The van der Waals surface area contributed by atoms with E-state index in [1.54, 1.807) is 30.6 Å². The molecule has 5 rings (SSSR count). The van der Waals surface area contributed by atoms with Gasteiger partial charge in [0.1, 0.15) is 6.04 Å². The maximum absolute atomic E-state index is 13.2. The highest BCUT2D eigenvalue weighted by Crippen LogP contribution is 2.29. The summed E-state index contributed by atoms with van der Waals surface area (Å²) in [5.74, 6) is -0.329. The Morgan fingerprint density at radius 1 is 1.03 bits per heavy atom. The Hall–Kier alpha value is -3.81. The molecule has 1 aromatic heterocycles. The lowest BCUT2D eigenvalue weighted by atomic mass is 10.00. The number of benzodiazepines with no additional fused rings is 1. The minimum Gasteiger partial charge on any atom is -0.326 e. The zero-order chi connectivity index (χ0) is 25.8. The summed E-state index contributed by atoms with van der Waals surface area (Å²) in [5, 5.41) is 6.44. The highest BCUT2D eigenvalue weighted by Gasteiger charge is 2.27. The summed E-state index contributed by atoms with van der Waals surface area (Å²) in [6.07, 6.45) is 4.02. The van der Waals surface area contributed by atoms with Gasteiger partial charge in [0.15, 0.2) is 0 Å². The van der Waals surface area contributed by atoms with Crippen LogP contribution >= 0.6 is 27.5 Å². The minimum atomic E-state index is -0.640. The van der Waals surface area contributed by atoms with Gasteiger partial charge in [0.05, 0.1) is 17.8 Å². The molecule has 0 bridgehead atoms. The number of nitrogens with one attached hydrogen (secondary N) is 2. The molecule has 0 spiro atoms. The molecule has 0 fully saturated rings. The van der Waals surface area contributed by atoms with Gasteiger partial charge >= 0.3 is 0 Å². The Morgan fingerprint density at radius 3 is 2.59 bits per heavy atom. The van der Waals surface area contributed by atoms with Crippen molar-refractivity contribution in [3.05, 3.63) is 123 Å². The van der Waals surface area contributed by atoms with Crippen molar-refractivity contribution in [3.8, 4) is 0 Å². The highest BCUT2D eigenvalue weighted by atomic mass is 79.9. The minimum absolute atomic E-state index is 0.129. The molecule has 1 unspecified atom stereocenters. The molecule has 4 aromatic rings. The molecule has 1 aliphatic heterocycles. The van der Waals surface area contributed by atoms with Crippen molar-refractivity contribution >= 4 is 56.4 Å². The van der Waals surface area contributed by atoms with Crippen molar-refractivity contribution in [1.29, 1.82) is 0 Å². The lowest BCUT2D eigenvalue weighted by molar-refractivity contribution is -0.117. The van der Waals surface area contributed by atoms with Crippen molar-refractivity contribution in [1.82, 2.24) is 4.98 Å². The van der Waals surface area contributed by atoms with Gasteiger partial charge in [-0.1, -0.05) is 63.9 Å². The van der Waals surface area contributed by atoms with E-state index in [2.05, 4.69) is 31.5 Å². The van der Waals surface area contributed by atoms with Gasteiger partial charge in [-0.15, -0.1) is 0 Å². The van der Waals surface area contributed by atoms with E-state index in [1.165, 1.54) is 0 Å². The maximum Gasteiger partial charge on any atom is 0.249 e. The summed E-state index contributed by atoms with van der Waals surface area (Å²) in [4.78, 5) is 34.6. The fourth-order valence-electron chi connectivity index (χ4n) is 4.17. The monoisotopic (exact) mass is 572 g/mol. The van der Waals surface area contributed by atoms with Gasteiger partial charge < -0.3 is 10.6 Å². The number of pyridine rings is 1. The summed E-state index contributed by atoms with van der Waals surface area (Å²) in [6.45, 7) is 0. The van der Waals surface area contributed by atoms with Crippen LogP contribution in [-0.2, 0) is 22.4 Å². The van der Waals surface area contributed by atoms with Crippen LogP contribution in [0.15, 0.2) is 101 Å². The van der Waals surface area contributed by atoms with Gasteiger partial charge in [-0.2, -0.15) is 0 Å². The number of anilines is 2. The van der Waals surface area contributed by atoms with Gasteiger partial charge in [0.2, 0.25) is 11.8 Å². The fraction of sp³-hybridized carbons (Fsp3) is 0.103. The van der Waals surface area contributed by atoms with E-state index in [1.807, 2.05) is 60.7 Å². The topological polar surface area (TPSA) is 83.5 Å². The standard InChI is InChI=1S/C29H22BrClN4O2/c30-24-6-2-1-5-20(24)15-26-29(37)35-25-16-21(31)9-12-23(25)28(34-26)19-7-10-22(11-8-19)33-27(36)14-18-4-3-13-32-17-18/h1-13,16-17,26H,14-15H2,(H,33,36)(H,35,37). The molecule has 0 radical (unpaired) electrons. The summed E-state index contributed by atoms with van der Waals surface area (Å²) in [7, 11) is 0. The molecular formula is C29H22BrClN4O2. The highest BCUT2D eigenvalue weighted by molar-refractivity contribution is 9.10. The molecule has 0 saturated heterocycles. The number of carbonyl (C=O) groups is 2. The second-order valence-corrected chi connectivity index (χ2v) is 9.92. The zero-order valence-electron chi connectivity index (χ0n) is 19.6. The first-order valence-electron chi connectivity index (χ1n) is 11.7. The predicted molar refractivity (Wildman–Crippen MR) is 150 cm³/mol. The molecule has 2 N–H and O–H groups in total. The van der Waals surface area contributed by atoms with Crippen molar-refractivity contribution in [2.75, 3.05) is 10.6 Å². The fourth-order valence-corrected chi connectivity index (χ4v) is 4.79. The first kappa shape index (κ1) is 24.9. The van der Waals surface area contributed by atoms with Gasteiger partial charge in [0.25, 0.3) is 0 Å². The number of aromatic nitrogens is 1. The van der Waals surface area contributed by atoms with E-state index in [0.717, 1.165) is 26.7 Å². The third-order valence-corrected chi connectivity index (χ3v) is 6.99. The second-order valence-electron chi connectivity index (χ2n) is 8.63. The van der Waals surface area contributed by atoms with Crippen molar-refractivity contribution in [3.63, 3.8) is 0 Å². The average Bonchev–Trinajstić information content (AvgIpc) is 3.02. The summed E-state index contributed by atoms with van der Waals surface area (Å²) >= 11 is 9.82. The van der Waals surface area contributed by atoms with Crippen LogP contribution in [0.1, 0.15) is 22.3 Å². The maximum atomic E-state index is 13.2. The Balaban J connectivity index is 1.44. The van der Waals surface area contributed by atoms with Crippen LogP contribution in [0.5, 0.6) is 0 Å². The summed E-state index contributed by atoms with van der Waals surface area (Å²) in [5.41, 5.74) is 5.38. The Morgan fingerprint density at radius 2 is 1.84 bits per heavy atom. The van der Waals surface area contributed by atoms with Crippen LogP contribution in [0, 0.1) is 0 Å². The van der Waals surface area contributed by atoms with Crippen LogP contribution in [0.4, 0.5) is 11.4 Å². The number of carbonyl (C=O) groups excluding carboxylic acids is 2. The van der Waals surface area contributed by atoms with Crippen LogP contribution in [0.25, 0.3) is 0 Å². The number of aliphatic imine (C=N–C) groups is 1. The van der Waals surface area contributed by atoms with Gasteiger partial charge in [-0.05, 0) is 53.6 Å². The average molecular weight is 574 g/mol. The van der Waals surface area contributed by atoms with Crippen molar-refractivity contribution in [2.45, 2.75) is 18.9 Å². The van der Waals surface area contributed by atoms with Crippen LogP contribution < -0.4 is 10.6 Å². The first-order valence-corrected chi connectivity index (χ1v) is 12.8. The lowest BCUT2D eigenvalue weighted by Crippen LogP contribution is -2.27.